The fourth-order valence-corrected chi connectivity index (χ4v) is 5.89. The summed E-state index contributed by atoms with van der Waals surface area (Å²) in [7, 11) is 0. The maximum atomic E-state index is 14.0. The molecule has 2 aliphatic rings. The Hall–Kier alpha value is -2.32. The first-order valence-corrected chi connectivity index (χ1v) is 9.55. The van der Waals surface area contributed by atoms with Gasteiger partial charge >= 0.3 is 0 Å². The molecule has 1 aliphatic heterocycles. The summed E-state index contributed by atoms with van der Waals surface area (Å²) in [5, 5.41) is 0. The normalized spacial score (nSPS) is 19.6. The van der Waals surface area contributed by atoms with Gasteiger partial charge in [-0.3, -0.25) is 0 Å². The van der Waals surface area contributed by atoms with Crippen molar-refractivity contribution in [2.24, 2.45) is 0 Å². The topological polar surface area (TPSA) is 0 Å². The van der Waals surface area contributed by atoms with Crippen LogP contribution in [0.5, 0.6) is 0 Å². The molecule has 0 saturated heterocycles. The average Bonchev–Trinajstić information content (AvgIpc) is 2.94. The highest BCUT2D eigenvalue weighted by Gasteiger charge is 2.49. The summed E-state index contributed by atoms with van der Waals surface area (Å²) in [6.45, 7) is 0. The lowest BCUT2D eigenvalue weighted by Gasteiger charge is -2.40. The van der Waals surface area contributed by atoms with Crippen LogP contribution < -0.4 is 0 Å². The standard InChI is InChI=1S/C23H17FS/c24-17-8-5-7-16(15-17)20-13-6-14-25-23(20)21-11-3-1-9-18(21)19-10-2-4-12-22(19)23/h1-13,15,20H,14H2. The average molecular weight is 344 g/mol. The van der Waals surface area contributed by atoms with Crippen molar-refractivity contribution in [2.75, 3.05) is 5.75 Å². The van der Waals surface area contributed by atoms with Gasteiger partial charge in [0, 0.05) is 11.7 Å². The van der Waals surface area contributed by atoms with Crippen molar-refractivity contribution in [1.29, 1.82) is 0 Å². The van der Waals surface area contributed by atoms with Crippen LogP contribution >= 0.6 is 11.8 Å². The van der Waals surface area contributed by atoms with Gasteiger partial charge in [-0.15, -0.1) is 11.8 Å². The summed E-state index contributed by atoms with van der Waals surface area (Å²) in [5.74, 6) is 0.914. The highest BCUT2D eigenvalue weighted by Crippen LogP contribution is 2.62. The van der Waals surface area contributed by atoms with Gasteiger partial charge in [0.1, 0.15) is 5.82 Å². The quantitative estimate of drug-likeness (QED) is 0.478. The molecule has 0 N–H and O–H groups in total. The molecule has 3 aromatic rings. The van der Waals surface area contributed by atoms with E-state index < -0.39 is 0 Å². The molecule has 1 atom stereocenters. The largest absolute Gasteiger partial charge is 0.207 e. The number of hydrogen-bond acceptors (Lipinski definition) is 1. The summed E-state index contributed by atoms with van der Waals surface area (Å²) in [6, 6.07) is 24.4. The van der Waals surface area contributed by atoms with Crippen molar-refractivity contribution in [3.8, 4) is 11.1 Å². The SMILES string of the molecule is Fc1cccc(C2C=CCSC23c2ccccc2-c2ccccc23)c1. The van der Waals surface area contributed by atoms with Gasteiger partial charge in [-0.05, 0) is 39.9 Å². The van der Waals surface area contributed by atoms with E-state index in [0.717, 1.165) is 11.3 Å². The molecule has 5 rings (SSSR count). The van der Waals surface area contributed by atoms with Gasteiger partial charge in [-0.2, -0.15) is 0 Å². The van der Waals surface area contributed by atoms with E-state index >= 15 is 0 Å². The molecule has 1 aliphatic carbocycles. The second kappa shape index (κ2) is 5.60. The van der Waals surface area contributed by atoms with Crippen LogP contribution in [0.2, 0.25) is 0 Å². The number of allylic oxidation sites excluding steroid dienone is 1. The van der Waals surface area contributed by atoms with Gasteiger partial charge in [0.2, 0.25) is 0 Å². The second-order valence-electron chi connectivity index (χ2n) is 6.60. The summed E-state index contributed by atoms with van der Waals surface area (Å²) in [4.78, 5) is 0. The number of benzene rings is 3. The molecular formula is C23H17FS. The summed E-state index contributed by atoms with van der Waals surface area (Å²) in [5.41, 5.74) is 6.35. The first-order valence-electron chi connectivity index (χ1n) is 8.56. The predicted octanol–water partition coefficient (Wildman–Crippen LogP) is 6.14. The molecule has 0 saturated carbocycles. The lowest BCUT2D eigenvalue weighted by atomic mass is 9.78. The van der Waals surface area contributed by atoms with E-state index in [1.54, 1.807) is 6.07 Å². The lowest BCUT2D eigenvalue weighted by molar-refractivity contribution is 0.613. The van der Waals surface area contributed by atoms with Gasteiger partial charge in [0.15, 0.2) is 0 Å². The van der Waals surface area contributed by atoms with E-state index in [-0.39, 0.29) is 16.5 Å². The van der Waals surface area contributed by atoms with Crippen molar-refractivity contribution in [2.45, 2.75) is 10.7 Å². The molecule has 1 unspecified atom stereocenters. The van der Waals surface area contributed by atoms with Gasteiger partial charge in [0.05, 0.1) is 4.75 Å². The monoisotopic (exact) mass is 344 g/mol. The number of hydrogen-bond donors (Lipinski definition) is 0. The second-order valence-corrected chi connectivity index (χ2v) is 7.86. The van der Waals surface area contributed by atoms with Gasteiger partial charge in [-0.1, -0.05) is 72.8 Å². The fraction of sp³-hybridized carbons (Fsp3) is 0.130. The van der Waals surface area contributed by atoms with Crippen LogP contribution in [0, 0.1) is 5.82 Å². The summed E-state index contributed by atoms with van der Waals surface area (Å²) < 4.78 is 13.8. The molecule has 2 heteroatoms. The van der Waals surface area contributed by atoms with Crippen LogP contribution in [0.15, 0.2) is 84.9 Å². The zero-order valence-corrected chi connectivity index (χ0v) is 14.5. The van der Waals surface area contributed by atoms with Crippen LogP contribution in [0.3, 0.4) is 0 Å². The maximum absolute atomic E-state index is 14.0. The van der Waals surface area contributed by atoms with Crippen LogP contribution in [0.25, 0.3) is 11.1 Å². The van der Waals surface area contributed by atoms with Gasteiger partial charge < -0.3 is 0 Å². The van der Waals surface area contributed by atoms with E-state index in [9.17, 15) is 4.39 Å². The number of halogens is 1. The Morgan fingerprint density at radius 2 is 1.52 bits per heavy atom. The Morgan fingerprint density at radius 3 is 2.20 bits per heavy atom. The van der Waals surface area contributed by atoms with Crippen LogP contribution in [0.4, 0.5) is 4.39 Å². The third-order valence-electron chi connectivity index (χ3n) is 5.33. The van der Waals surface area contributed by atoms with Gasteiger partial charge in [0.25, 0.3) is 0 Å². The fourth-order valence-electron chi connectivity index (χ4n) is 4.36. The van der Waals surface area contributed by atoms with Crippen molar-refractivity contribution in [3.05, 3.63) is 107 Å². The van der Waals surface area contributed by atoms with Crippen molar-refractivity contribution >= 4 is 11.8 Å². The molecule has 25 heavy (non-hydrogen) atoms. The van der Waals surface area contributed by atoms with Crippen LogP contribution in [-0.2, 0) is 4.75 Å². The van der Waals surface area contributed by atoms with Crippen LogP contribution in [0.1, 0.15) is 22.6 Å². The number of rotatable bonds is 1. The Labute approximate surface area is 151 Å². The highest BCUT2D eigenvalue weighted by molar-refractivity contribution is 8.00. The summed E-state index contributed by atoms with van der Waals surface area (Å²) >= 11 is 1.96. The molecule has 0 aromatic heterocycles. The maximum Gasteiger partial charge on any atom is 0.123 e. The molecule has 122 valence electrons. The van der Waals surface area contributed by atoms with Gasteiger partial charge in [-0.25, -0.2) is 4.39 Å². The molecule has 0 bridgehead atoms. The Bertz CT molecular complexity index is 943. The molecular weight excluding hydrogens is 327 g/mol. The summed E-state index contributed by atoms with van der Waals surface area (Å²) in [6.07, 6.45) is 4.49. The molecule has 0 nitrogen and oxygen atoms in total. The lowest BCUT2D eigenvalue weighted by Crippen LogP contribution is -2.31. The van der Waals surface area contributed by atoms with Crippen molar-refractivity contribution in [1.82, 2.24) is 0 Å². The van der Waals surface area contributed by atoms with E-state index in [1.807, 2.05) is 17.8 Å². The smallest absolute Gasteiger partial charge is 0.123 e. The van der Waals surface area contributed by atoms with Crippen molar-refractivity contribution < 1.29 is 4.39 Å². The molecule has 3 aromatic carbocycles. The predicted molar refractivity (Wildman–Crippen MR) is 103 cm³/mol. The highest BCUT2D eigenvalue weighted by atomic mass is 32.2. The van der Waals surface area contributed by atoms with Crippen LogP contribution in [-0.4, -0.2) is 5.75 Å². The first-order chi connectivity index (χ1) is 12.3. The molecule has 1 heterocycles. The third kappa shape index (κ3) is 2.07. The minimum Gasteiger partial charge on any atom is -0.207 e. The Morgan fingerprint density at radius 1 is 0.840 bits per heavy atom. The third-order valence-corrected chi connectivity index (χ3v) is 6.83. The minimum atomic E-state index is -0.185. The van der Waals surface area contributed by atoms with E-state index in [4.69, 9.17) is 0 Å². The number of fused-ring (bicyclic) bond motifs is 5. The zero-order chi connectivity index (χ0) is 16.9. The van der Waals surface area contributed by atoms with E-state index in [0.29, 0.717) is 0 Å². The molecule has 0 radical (unpaired) electrons. The Kier molecular flexibility index (Phi) is 3.36. The molecule has 0 fully saturated rings. The van der Waals surface area contributed by atoms with E-state index in [1.165, 1.54) is 28.3 Å². The minimum absolute atomic E-state index is 0.117. The van der Waals surface area contributed by atoms with E-state index in [2.05, 4.69) is 66.7 Å². The number of thioether (sulfide) groups is 1. The van der Waals surface area contributed by atoms with Crippen molar-refractivity contribution in [3.63, 3.8) is 0 Å². The molecule has 0 amide bonds. The molecule has 1 spiro atoms. The zero-order valence-electron chi connectivity index (χ0n) is 13.7. The first kappa shape index (κ1) is 15.0. The Balaban J connectivity index is 1.82.